The van der Waals surface area contributed by atoms with Crippen LogP contribution in [0, 0.1) is 5.92 Å². The molecule has 2 heterocycles. The quantitative estimate of drug-likeness (QED) is 0.762. The molecule has 0 radical (unpaired) electrons. The van der Waals surface area contributed by atoms with Crippen LogP contribution in [-0.2, 0) is 24.7 Å². The molecule has 0 aromatic heterocycles. The number of hydrogen-bond donors (Lipinski definition) is 1. The lowest BCUT2D eigenvalue weighted by atomic mass is 9.93. The van der Waals surface area contributed by atoms with Crippen LogP contribution in [0.25, 0.3) is 0 Å². The summed E-state index contributed by atoms with van der Waals surface area (Å²) in [7, 11) is -6.93. The summed E-state index contributed by atoms with van der Waals surface area (Å²) in [5, 5.41) is 8.10. The van der Waals surface area contributed by atoms with Gasteiger partial charge in [-0.15, -0.1) is 0 Å². The molecule has 0 aliphatic carbocycles. The lowest BCUT2D eigenvalue weighted by Crippen LogP contribution is -2.49. The first-order valence-corrected chi connectivity index (χ1v) is 9.90. The fraction of sp³-hybridized carbons (Fsp3) is 0.909. The van der Waals surface area contributed by atoms with E-state index in [-0.39, 0.29) is 37.3 Å². The highest BCUT2D eigenvalue weighted by Crippen LogP contribution is 2.30. The highest BCUT2D eigenvalue weighted by atomic mass is 32.2. The molecule has 0 spiro atoms. The van der Waals surface area contributed by atoms with Crippen molar-refractivity contribution in [2.24, 2.45) is 5.92 Å². The van der Waals surface area contributed by atoms with Gasteiger partial charge in [-0.2, -0.15) is 4.31 Å². The molecular weight excluding hydrogens is 306 g/mol. The van der Waals surface area contributed by atoms with Crippen molar-refractivity contribution in [2.45, 2.75) is 37.5 Å². The minimum absolute atomic E-state index is 0.0864. The molecule has 0 bridgehead atoms. The van der Waals surface area contributed by atoms with Crippen LogP contribution in [0.3, 0.4) is 0 Å². The monoisotopic (exact) mass is 325 g/mol. The van der Waals surface area contributed by atoms with Crippen molar-refractivity contribution < 1.29 is 26.7 Å². The van der Waals surface area contributed by atoms with Gasteiger partial charge in [0.15, 0.2) is 9.84 Å². The maximum Gasteiger partial charge on any atom is 0.306 e. The Balaban J connectivity index is 2.13. The van der Waals surface area contributed by atoms with E-state index in [9.17, 15) is 21.6 Å². The Labute approximate surface area is 118 Å². The van der Waals surface area contributed by atoms with E-state index >= 15 is 0 Å². The van der Waals surface area contributed by atoms with E-state index in [1.165, 1.54) is 4.31 Å². The molecule has 3 atom stereocenters. The SMILES string of the molecule is CC1CC(C(=O)O)CCN1S(=O)(=O)C1CCS(=O)(=O)C1. The molecule has 0 saturated carbocycles. The Morgan fingerprint density at radius 1 is 1.30 bits per heavy atom. The Morgan fingerprint density at radius 3 is 2.40 bits per heavy atom. The predicted molar refractivity (Wildman–Crippen MR) is 72.5 cm³/mol. The summed E-state index contributed by atoms with van der Waals surface area (Å²) in [4.78, 5) is 11.0. The van der Waals surface area contributed by atoms with Gasteiger partial charge >= 0.3 is 5.97 Å². The van der Waals surface area contributed by atoms with E-state index < -0.39 is 43.0 Å². The highest BCUT2D eigenvalue weighted by molar-refractivity contribution is 7.95. The predicted octanol–water partition coefficient (Wildman–Crippen LogP) is -0.312. The molecule has 2 aliphatic heterocycles. The molecule has 2 saturated heterocycles. The number of piperidine rings is 1. The van der Waals surface area contributed by atoms with E-state index in [1.807, 2.05) is 0 Å². The number of carbonyl (C=O) groups is 1. The molecule has 2 aliphatic rings. The van der Waals surface area contributed by atoms with Gasteiger partial charge in [-0.1, -0.05) is 0 Å². The van der Waals surface area contributed by atoms with Crippen LogP contribution in [-0.4, -0.2) is 61.6 Å². The first-order chi connectivity index (χ1) is 9.13. The average molecular weight is 325 g/mol. The average Bonchev–Trinajstić information content (AvgIpc) is 2.69. The van der Waals surface area contributed by atoms with Crippen LogP contribution < -0.4 is 0 Å². The lowest BCUT2D eigenvalue weighted by Gasteiger charge is -2.36. The summed E-state index contributed by atoms with van der Waals surface area (Å²) in [5.41, 5.74) is 0. The normalized spacial score (nSPS) is 35.0. The van der Waals surface area contributed by atoms with Gasteiger partial charge in [0.1, 0.15) is 0 Å². The molecule has 7 nitrogen and oxygen atoms in total. The molecular formula is C11H19NO6S2. The van der Waals surface area contributed by atoms with Crippen molar-refractivity contribution in [2.75, 3.05) is 18.1 Å². The molecule has 2 rings (SSSR count). The van der Waals surface area contributed by atoms with Gasteiger partial charge in [-0.25, -0.2) is 16.8 Å². The van der Waals surface area contributed by atoms with E-state index in [0.717, 1.165) is 0 Å². The summed E-state index contributed by atoms with van der Waals surface area (Å²) in [6.45, 7) is 1.83. The van der Waals surface area contributed by atoms with Crippen LogP contribution in [0.2, 0.25) is 0 Å². The van der Waals surface area contributed by atoms with Crippen molar-refractivity contribution in [1.29, 1.82) is 0 Å². The van der Waals surface area contributed by atoms with E-state index in [2.05, 4.69) is 0 Å². The second-order valence-electron chi connectivity index (χ2n) is 5.59. The standard InChI is InChI=1S/C11H19NO6S2/c1-8-6-9(11(13)14)2-4-12(8)20(17,18)10-3-5-19(15,16)7-10/h8-10H,2-7H2,1H3,(H,13,14). The van der Waals surface area contributed by atoms with E-state index in [0.29, 0.717) is 0 Å². The Bertz CT molecular complexity index is 596. The van der Waals surface area contributed by atoms with Gasteiger partial charge in [-0.05, 0) is 26.2 Å². The largest absolute Gasteiger partial charge is 0.481 e. The molecule has 1 N–H and O–H groups in total. The molecule has 0 aromatic rings. The van der Waals surface area contributed by atoms with Crippen LogP contribution >= 0.6 is 0 Å². The molecule has 9 heteroatoms. The number of carboxylic acids is 1. The molecule has 20 heavy (non-hydrogen) atoms. The summed E-state index contributed by atoms with van der Waals surface area (Å²) < 4.78 is 49.1. The molecule has 116 valence electrons. The highest BCUT2D eigenvalue weighted by Gasteiger charge is 2.44. The third kappa shape index (κ3) is 2.99. The second-order valence-corrected chi connectivity index (χ2v) is 9.98. The number of aliphatic carboxylic acids is 1. The van der Waals surface area contributed by atoms with Gasteiger partial charge in [0, 0.05) is 12.6 Å². The zero-order valence-electron chi connectivity index (χ0n) is 11.2. The zero-order valence-corrected chi connectivity index (χ0v) is 12.9. The van der Waals surface area contributed by atoms with Crippen molar-refractivity contribution in [3.63, 3.8) is 0 Å². The topological polar surface area (TPSA) is 109 Å². The maximum absolute atomic E-state index is 12.5. The third-order valence-electron chi connectivity index (χ3n) is 4.10. The number of sulfone groups is 1. The third-order valence-corrected chi connectivity index (χ3v) is 8.52. The summed E-state index contributed by atoms with van der Waals surface area (Å²) in [6, 6.07) is -0.404. The van der Waals surface area contributed by atoms with Gasteiger partial charge in [0.2, 0.25) is 10.0 Å². The van der Waals surface area contributed by atoms with Gasteiger partial charge in [0.25, 0.3) is 0 Å². The van der Waals surface area contributed by atoms with Crippen molar-refractivity contribution >= 4 is 25.8 Å². The summed E-state index contributed by atoms with van der Waals surface area (Å²) in [5.74, 6) is -1.83. The Kier molecular flexibility index (Phi) is 4.14. The number of hydrogen-bond acceptors (Lipinski definition) is 5. The lowest BCUT2D eigenvalue weighted by molar-refractivity contribution is -0.143. The molecule has 0 aromatic carbocycles. The zero-order chi connectivity index (χ0) is 15.1. The van der Waals surface area contributed by atoms with Crippen molar-refractivity contribution in [3.05, 3.63) is 0 Å². The van der Waals surface area contributed by atoms with Gasteiger partial charge in [0.05, 0.1) is 22.7 Å². The molecule has 2 fully saturated rings. The Morgan fingerprint density at radius 2 is 1.95 bits per heavy atom. The van der Waals surface area contributed by atoms with Gasteiger partial charge < -0.3 is 5.11 Å². The number of rotatable bonds is 3. The van der Waals surface area contributed by atoms with Crippen LogP contribution in [0.1, 0.15) is 26.2 Å². The summed E-state index contributed by atoms with van der Waals surface area (Å²) >= 11 is 0. The maximum atomic E-state index is 12.5. The second kappa shape index (κ2) is 5.27. The smallest absolute Gasteiger partial charge is 0.306 e. The fourth-order valence-electron chi connectivity index (χ4n) is 2.94. The van der Waals surface area contributed by atoms with E-state index in [1.54, 1.807) is 6.92 Å². The van der Waals surface area contributed by atoms with Gasteiger partial charge in [-0.3, -0.25) is 4.79 Å². The number of sulfonamides is 1. The minimum atomic E-state index is -3.67. The molecule has 3 unspecified atom stereocenters. The van der Waals surface area contributed by atoms with Crippen molar-refractivity contribution in [3.8, 4) is 0 Å². The molecule has 0 amide bonds. The van der Waals surface area contributed by atoms with Crippen LogP contribution in [0.4, 0.5) is 0 Å². The Hall–Kier alpha value is -0.670. The van der Waals surface area contributed by atoms with Crippen molar-refractivity contribution in [1.82, 2.24) is 4.31 Å². The van der Waals surface area contributed by atoms with E-state index in [4.69, 9.17) is 5.11 Å². The van der Waals surface area contributed by atoms with Crippen LogP contribution in [0.15, 0.2) is 0 Å². The van der Waals surface area contributed by atoms with Crippen LogP contribution in [0.5, 0.6) is 0 Å². The minimum Gasteiger partial charge on any atom is -0.481 e. The first-order valence-electron chi connectivity index (χ1n) is 6.57. The summed E-state index contributed by atoms with van der Waals surface area (Å²) in [6.07, 6.45) is 0.683. The number of carboxylic acid groups (broad SMARTS) is 1. The number of nitrogens with zero attached hydrogens (tertiary/aromatic N) is 1. The first kappa shape index (κ1) is 15.7. The fourth-order valence-corrected chi connectivity index (χ4v) is 7.69.